The summed E-state index contributed by atoms with van der Waals surface area (Å²) in [5.74, 6) is 0.706. The first-order valence-electron chi connectivity index (χ1n) is 4.19. The van der Waals surface area contributed by atoms with Crippen LogP contribution in [0.2, 0.25) is 0 Å². The number of tetrazole rings is 1. The van der Waals surface area contributed by atoms with Crippen molar-refractivity contribution < 1.29 is 0 Å². The van der Waals surface area contributed by atoms with Crippen molar-refractivity contribution in [1.82, 2.24) is 25.3 Å². The zero-order valence-electron chi connectivity index (χ0n) is 7.55. The molecule has 0 bridgehead atoms. The lowest BCUT2D eigenvalue weighted by Crippen LogP contribution is -2.12. The molecule has 6 nitrogen and oxygen atoms in total. The van der Waals surface area contributed by atoms with Crippen LogP contribution in [0, 0.1) is 0 Å². The minimum Gasteiger partial charge on any atom is -0.367 e. The molecule has 0 aromatic carbocycles. The first kappa shape index (κ1) is 9.14. The van der Waals surface area contributed by atoms with Crippen LogP contribution in [0.15, 0.2) is 12.1 Å². The van der Waals surface area contributed by atoms with Gasteiger partial charge in [0.15, 0.2) is 5.65 Å². The van der Waals surface area contributed by atoms with Crippen LogP contribution < -0.4 is 5.32 Å². The lowest BCUT2D eigenvalue weighted by atomic mass is 10.4. The maximum absolute atomic E-state index is 5.79. The average molecular weight is 213 g/mol. The van der Waals surface area contributed by atoms with Crippen molar-refractivity contribution in [2.45, 2.75) is 12.3 Å². The van der Waals surface area contributed by atoms with Crippen molar-refractivity contribution in [3.63, 3.8) is 0 Å². The number of aromatic nitrogens is 5. The van der Waals surface area contributed by atoms with E-state index < -0.39 is 0 Å². The van der Waals surface area contributed by atoms with Gasteiger partial charge in [0, 0.05) is 11.9 Å². The molecular formula is C7H9ClN6. The van der Waals surface area contributed by atoms with E-state index in [4.69, 9.17) is 11.6 Å². The third-order valence-corrected chi connectivity index (χ3v) is 1.79. The molecule has 0 saturated heterocycles. The largest absolute Gasteiger partial charge is 0.367 e. The smallest absolute Gasteiger partial charge is 0.200 e. The third-order valence-electron chi connectivity index (χ3n) is 1.63. The summed E-state index contributed by atoms with van der Waals surface area (Å²) in [6.45, 7) is 2.56. The van der Waals surface area contributed by atoms with Gasteiger partial charge in [0.1, 0.15) is 5.82 Å². The minimum absolute atomic E-state index is 0.0568. The quantitative estimate of drug-likeness (QED) is 0.753. The van der Waals surface area contributed by atoms with Crippen LogP contribution in [0.25, 0.3) is 5.65 Å². The van der Waals surface area contributed by atoms with Crippen LogP contribution in [0.3, 0.4) is 0 Å². The predicted molar refractivity (Wildman–Crippen MR) is 52.4 cm³/mol. The number of anilines is 1. The molecule has 74 valence electrons. The van der Waals surface area contributed by atoms with E-state index in [0.29, 0.717) is 18.0 Å². The van der Waals surface area contributed by atoms with Crippen LogP contribution >= 0.6 is 11.6 Å². The van der Waals surface area contributed by atoms with Crippen LogP contribution in [0.4, 0.5) is 5.82 Å². The Morgan fingerprint density at radius 3 is 3.21 bits per heavy atom. The van der Waals surface area contributed by atoms with Crippen molar-refractivity contribution in [3.05, 3.63) is 12.1 Å². The molecule has 0 aliphatic heterocycles. The molecule has 1 N–H and O–H groups in total. The fourth-order valence-corrected chi connectivity index (χ4v) is 1.07. The van der Waals surface area contributed by atoms with Crippen molar-refractivity contribution >= 4 is 23.1 Å². The molecule has 2 aromatic rings. The van der Waals surface area contributed by atoms with E-state index in [2.05, 4.69) is 25.9 Å². The normalized spacial score (nSPS) is 13.0. The number of nitrogens with zero attached hydrogens (tertiary/aromatic N) is 5. The first-order chi connectivity index (χ1) is 6.75. The van der Waals surface area contributed by atoms with E-state index in [1.54, 1.807) is 6.07 Å². The van der Waals surface area contributed by atoms with E-state index in [0.717, 1.165) is 0 Å². The van der Waals surface area contributed by atoms with Crippen LogP contribution in [0.5, 0.6) is 0 Å². The first-order valence-corrected chi connectivity index (χ1v) is 4.63. The molecule has 2 aromatic heterocycles. The predicted octanol–water partition coefficient (Wildman–Crippen LogP) is 0.558. The van der Waals surface area contributed by atoms with Gasteiger partial charge in [-0.1, -0.05) is 0 Å². The van der Waals surface area contributed by atoms with E-state index in [1.807, 2.05) is 13.0 Å². The van der Waals surface area contributed by atoms with Crippen molar-refractivity contribution in [1.29, 1.82) is 0 Å². The lowest BCUT2D eigenvalue weighted by molar-refractivity contribution is 0.733. The van der Waals surface area contributed by atoms with Gasteiger partial charge >= 0.3 is 0 Å². The van der Waals surface area contributed by atoms with Gasteiger partial charge in [-0.3, -0.25) is 0 Å². The Morgan fingerprint density at radius 1 is 1.57 bits per heavy atom. The second-order valence-electron chi connectivity index (χ2n) is 2.91. The number of hydrogen-bond donors (Lipinski definition) is 1. The van der Waals surface area contributed by atoms with Crippen molar-refractivity contribution in [3.8, 4) is 0 Å². The third kappa shape index (κ3) is 1.90. The molecule has 0 amide bonds. The summed E-state index contributed by atoms with van der Waals surface area (Å²) >= 11 is 5.79. The van der Waals surface area contributed by atoms with E-state index in [-0.39, 0.29) is 5.38 Å². The Labute approximate surface area is 85.2 Å². The summed E-state index contributed by atoms with van der Waals surface area (Å²) < 4.78 is 1.36. The molecule has 0 fully saturated rings. The Kier molecular flexibility index (Phi) is 2.45. The van der Waals surface area contributed by atoms with E-state index >= 15 is 0 Å². The van der Waals surface area contributed by atoms with Crippen LogP contribution in [-0.2, 0) is 0 Å². The molecule has 0 spiro atoms. The summed E-state index contributed by atoms with van der Waals surface area (Å²) in [4.78, 5) is 0. The fraction of sp³-hybridized carbons (Fsp3) is 0.429. The molecule has 0 aliphatic rings. The van der Waals surface area contributed by atoms with Gasteiger partial charge in [-0.05, 0) is 29.5 Å². The summed E-state index contributed by atoms with van der Waals surface area (Å²) in [5, 5.41) is 18.1. The summed E-state index contributed by atoms with van der Waals surface area (Å²) in [7, 11) is 0. The molecule has 0 saturated carbocycles. The van der Waals surface area contributed by atoms with E-state index in [9.17, 15) is 0 Å². The van der Waals surface area contributed by atoms with Crippen molar-refractivity contribution in [2.24, 2.45) is 0 Å². The summed E-state index contributed by atoms with van der Waals surface area (Å²) in [5.41, 5.74) is 0.620. The van der Waals surface area contributed by atoms with Gasteiger partial charge in [-0.25, -0.2) is 0 Å². The highest BCUT2D eigenvalue weighted by Crippen LogP contribution is 2.04. The number of halogens is 1. The van der Waals surface area contributed by atoms with E-state index in [1.165, 1.54) is 4.63 Å². The van der Waals surface area contributed by atoms with Gasteiger partial charge in [-0.15, -0.1) is 26.4 Å². The molecule has 2 heterocycles. The number of fused-ring (bicyclic) bond motifs is 1. The van der Waals surface area contributed by atoms with Gasteiger partial charge < -0.3 is 5.32 Å². The second kappa shape index (κ2) is 3.75. The highest BCUT2D eigenvalue weighted by atomic mass is 35.5. The Hall–Kier alpha value is -1.43. The summed E-state index contributed by atoms with van der Waals surface area (Å²) in [6.07, 6.45) is 0. The molecule has 1 atom stereocenters. The number of alkyl halides is 1. The topological polar surface area (TPSA) is 68.0 Å². The molecule has 0 aliphatic carbocycles. The number of hydrogen-bond acceptors (Lipinski definition) is 5. The molecule has 14 heavy (non-hydrogen) atoms. The number of rotatable bonds is 3. The van der Waals surface area contributed by atoms with Gasteiger partial charge in [0.05, 0.1) is 0 Å². The Morgan fingerprint density at radius 2 is 2.43 bits per heavy atom. The monoisotopic (exact) mass is 212 g/mol. The van der Waals surface area contributed by atoms with Gasteiger partial charge in [0.25, 0.3) is 0 Å². The van der Waals surface area contributed by atoms with Crippen LogP contribution in [0.1, 0.15) is 6.92 Å². The highest BCUT2D eigenvalue weighted by Gasteiger charge is 2.01. The Bertz CT molecular complexity index is 425. The van der Waals surface area contributed by atoms with Gasteiger partial charge in [0.2, 0.25) is 0 Å². The van der Waals surface area contributed by atoms with Crippen LogP contribution in [-0.4, -0.2) is 37.2 Å². The summed E-state index contributed by atoms with van der Waals surface area (Å²) in [6, 6.07) is 3.60. The maximum atomic E-state index is 5.79. The van der Waals surface area contributed by atoms with Crippen molar-refractivity contribution in [2.75, 3.05) is 11.9 Å². The average Bonchev–Trinajstić information content (AvgIpc) is 2.61. The lowest BCUT2D eigenvalue weighted by Gasteiger charge is -2.05. The zero-order chi connectivity index (χ0) is 9.97. The maximum Gasteiger partial charge on any atom is 0.200 e. The van der Waals surface area contributed by atoms with Gasteiger partial charge in [-0.2, -0.15) is 0 Å². The fourth-order valence-electron chi connectivity index (χ4n) is 0.989. The second-order valence-corrected chi connectivity index (χ2v) is 3.65. The SMILES string of the molecule is CC(Cl)CNc1ccc2nnnn2n1. The number of nitrogens with one attached hydrogen (secondary N) is 1. The molecule has 7 heteroatoms. The minimum atomic E-state index is 0.0568. The molecular weight excluding hydrogens is 204 g/mol. The molecule has 2 rings (SSSR count). The standard InChI is InChI=1S/C7H9ClN6/c1-5(8)4-9-6-2-3-7-10-12-13-14(7)11-6/h2-3,5H,4H2,1H3,(H,9,11). The molecule has 0 radical (unpaired) electrons. The zero-order valence-corrected chi connectivity index (χ0v) is 8.31. The highest BCUT2D eigenvalue weighted by molar-refractivity contribution is 6.20. The molecule has 1 unspecified atom stereocenters. The Balaban J connectivity index is 2.17.